The molecular formula is C21H17F3O4S. The third-order valence-electron chi connectivity index (χ3n) is 4.57. The molecule has 0 fully saturated rings. The lowest BCUT2D eigenvalue weighted by Crippen LogP contribution is -2.09. The van der Waals surface area contributed by atoms with Crippen molar-refractivity contribution < 1.29 is 31.1 Å². The number of methoxy groups -OCH3 is 1. The van der Waals surface area contributed by atoms with Crippen LogP contribution in [-0.2, 0) is 25.5 Å². The van der Waals surface area contributed by atoms with E-state index in [1.165, 1.54) is 31.4 Å². The van der Waals surface area contributed by atoms with Crippen molar-refractivity contribution in [1.82, 2.24) is 0 Å². The molecule has 29 heavy (non-hydrogen) atoms. The van der Waals surface area contributed by atoms with Gasteiger partial charge < -0.3 is 4.74 Å². The molecule has 0 aromatic heterocycles. The van der Waals surface area contributed by atoms with Crippen LogP contribution in [0, 0.1) is 5.92 Å². The predicted octanol–water partition coefficient (Wildman–Crippen LogP) is 4.38. The molecule has 152 valence electrons. The number of carbonyl (C=O) groups excluding carboxylic acids is 1. The minimum absolute atomic E-state index is 0.143. The average molecular weight is 422 g/mol. The number of carbonyl (C=O) groups is 1. The minimum atomic E-state index is -4.45. The fourth-order valence-corrected chi connectivity index (χ4v) is 3.71. The molecule has 0 bridgehead atoms. The molecule has 1 unspecified atom stereocenters. The van der Waals surface area contributed by atoms with Crippen LogP contribution in [0.5, 0.6) is 0 Å². The van der Waals surface area contributed by atoms with Crippen LogP contribution in [0.15, 0.2) is 65.6 Å². The van der Waals surface area contributed by atoms with E-state index >= 15 is 0 Å². The molecule has 1 atom stereocenters. The fourth-order valence-electron chi connectivity index (χ4n) is 3.08. The van der Waals surface area contributed by atoms with Gasteiger partial charge in [-0.3, -0.25) is 4.79 Å². The molecule has 0 saturated heterocycles. The summed E-state index contributed by atoms with van der Waals surface area (Å²) in [5, 5.41) is 0. The molecule has 2 aromatic carbocycles. The number of rotatable bonds is 4. The maximum absolute atomic E-state index is 12.8. The summed E-state index contributed by atoms with van der Waals surface area (Å²) in [4.78, 5) is 12.1. The molecule has 0 N–H and O–H groups in total. The minimum Gasteiger partial charge on any atom is -0.468 e. The number of allylic oxidation sites excluding steroid dienone is 2. The maximum atomic E-state index is 12.8. The van der Waals surface area contributed by atoms with Crippen LogP contribution in [0.3, 0.4) is 0 Å². The highest BCUT2D eigenvalue weighted by Gasteiger charge is 2.31. The van der Waals surface area contributed by atoms with Gasteiger partial charge >= 0.3 is 12.1 Å². The zero-order valence-electron chi connectivity index (χ0n) is 15.5. The third-order valence-corrected chi connectivity index (χ3v) is 5.70. The van der Waals surface area contributed by atoms with Crippen molar-refractivity contribution in [3.05, 3.63) is 77.4 Å². The van der Waals surface area contributed by atoms with E-state index in [2.05, 4.69) is 0 Å². The van der Waals surface area contributed by atoms with Gasteiger partial charge in [-0.1, -0.05) is 36.4 Å². The molecule has 2 aromatic rings. The summed E-state index contributed by atoms with van der Waals surface area (Å²) in [7, 11) is -2.12. The van der Waals surface area contributed by atoms with Crippen LogP contribution >= 0.6 is 0 Å². The Morgan fingerprint density at radius 2 is 1.34 bits per heavy atom. The zero-order valence-corrected chi connectivity index (χ0v) is 16.3. The highest BCUT2D eigenvalue weighted by atomic mass is 32.2. The van der Waals surface area contributed by atoms with Gasteiger partial charge in [-0.15, -0.1) is 0 Å². The normalized spacial score (nSPS) is 16.9. The van der Waals surface area contributed by atoms with E-state index in [9.17, 15) is 26.4 Å². The first-order chi connectivity index (χ1) is 13.5. The Morgan fingerprint density at radius 1 is 0.897 bits per heavy atom. The third kappa shape index (κ3) is 4.42. The van der Waals surface area contributed by atoms with E-state index in [1.54, 1.807) is 24.3 Å². The van der Waals surface area contributed by atoms with Crippen molar-refractivity contribution in [2.45, 2.75) is 11.1 Å². The number of hydrogen-bond donors (Lipinski definition) is 0. The van der Waals surface area contributed by atoms with Crippen LogP contribution < -0.4 is 0 Å². The molecule has 8 heteroatoms. The van der Waals surface area contributed by atoms with Gasteiger partial charge in [0.1, 0.15) is 0 Å². The lowest BCUT2D eigenvalue weighted by Gasteiger charge is -2.12. The Balaban J connectivity index is 2.04. The summed E-state index contributed by atoms with van der Waals surface area (Å²) < 4.78 is 66.7. The summed E-state index contributed by atoms with van der Waals surface area (Å²) in [5.41, 5.74) is 1.55. The lowest BCUT2D eigenvalue weighted by atomic mass is 9.94. The van der Waals surface area contributed by atoms with E-state index in [-0.39, 0.29) is 4.90 Å². The van der Waals surface area contributed by atoms with Gasteiger partial charge in [0.25, 0.3) is 0 Å². The molecule has 0 spiro atoms. The molecule has 3 rings (SSSR count). The monoisotopic (exact) mass is 422 g/mol. The number of benzene rings is 2. The largest absolute Gasteiger partial charge is 0.468 e. The maximum Gasteiger partial charge on any atom is 0.416 e. The van der Waals surface area contributed by atoms with Gasteiger partial charge in [0.15, 0.2) is 9.84 Å². The number of hydrogen-bond acceptors (Lipinski definition) is 4. The van der Waals surface area contributed by atoms with Crippen molar-refractivity contribution >= 4 is 27.0 Å². The number of halogens is 3. The first kappa shape index (κ1) is 20.9. The SMILES string of the molecule is COC(=O)C1C=C(c2ccc(C(F)(F)F)cc2)C(c2ccc(S(C)(=O)=O)cc2)=C1. The predicted molar refractivity (Wildman–Crippen MR) is 102 cm³/mol. The van der Waals surface area contributed by atoms with Crippen LogP contribution in [0.25, 0.3) is 11.1 Å². The second kappa shape index (κ2) is 7.51. The smallest absolute Gasteiger partial charge is 0.416 e. The number of esters is 1. The quantitative estimate of drug-likeness (QED) is 0.687. The van der Waals surface area contributed by atoms with E-state index < -0.39 is 33.5 Å². The lowest BCUT2D eigenvalue weighted by molar-refractivity contribution is -0.142. The van der Waals surface area contributed by atoms with Crippen molar-refractivity contribution in [1.29, 1.82) is 0 Å². The Bertz CT molecular complexity index is 1090. The topological polar surface area (TPSA) is 60.4 Å². The summed E-state index contributed by atoms with van der Waals surface area (Å²) in [5.74, 6) is -1.20. The summed E-state index contributed by atoms with van der Waals surface area (Å²) in [6.45, 7) is 0. The molecule has 4 nitrogen and oxygen atoms in total. The molecule has 0 heterocycles. The van der Waals surface area contributed by atoms with E-state index in [4.69, 9.17) is 4.74 Å². The van der Waals surface area contributed by atoms with Gasteiger partial charge in [0.2, 0.25) is 0 Å². The number of ether oxygens (including phenoxy) is 1. The second-order valence-electron chi connectivity index (χ2n) is 6.58. The van der Waals surface area contributed by atoms with Crippen LogP contribution in [-0.4, -0.2) is 27.8 Å². The Labute approximate surface area is 166 Å². The molecule has 0 radical (unpaired) electrons. The van der Waals surface area contributed by atoms with Crippen LogP contribution in [0.2, 0.25) is 0 Å². The Kier molecular flexibility index (Phi) is 5.40. The Hall–Kier alpha value is -2.87. The average Bonchev–Trinajstić information content (AvgIpc) is 3.11. The standard InChI is InChI=1S/C21H17F3O4S/c1-28-20(25)15-11-18(13-3-7-16(8-4-13)21(22,23)24)19(12-15)14-5-9-17(10-6-14)29(2,26)27/h3-12,15H,1-2H3. The van der Waals surface area contributed by atoms with Crippen molar-refractivity contribution in [2.75, 3.05) is 13.4 Å². The molecule has 1 aliphatic carbocycles. The van der Waals surface area contributed by atoms with Crippen molar-refractivity contribution in [2.24, 2.45) is 5.92 Å². The first-order valence-corrected chi connectivity index (χ1v) is 10.4. The highest BCUT2D eigenvalue weighted by Crippen LogP contribution is 2.40. The molecular weight excluding hydrogens is 405 g/mol. The number of alkyl halides is 3. The van der Waals surface area contributed by atoms with Gasteiger partial charge in [-0.2, -0.15) is 13.2 Å². The summed E-state index contributed by atoms with van der Waals surface area (Å²) in [6, 6.07) is 10.7. The van der Waals surface area contributed by atoms with Crippen molar-refractivity contribution in [3.63, 3.8) is 0 Å². The highest BCUT2D eigenvalue weighted by molar-refractivity contribution is 7.90. The summed E-state index contributed by atoms with van der Waals surface area (Å²) >= 11 is 0. The van der Waals surface area contributed by atoms with Gasteiger partial charge in [0.05, 0.1) is 23.5 Å². The number of sulfone groups is 1. The van der Waals surface area contributed by atoms with E-state index in [0.717, 1.165) is 18.4 Å². The molecule has 1 aliphatic rings. The second-order valence-corrected chi connectivity index (χ2v) is 8.60. The zero-order chi connectivity index (χ0) is 21.4. The van der Waals surface area contributed by atoms with Crippen LogP contribution in [0.4, 0.5) is 13.2 Å². The van der Waals surface area contributed by atoms with Gasteiger partial charge in [-0.25, -0.2) is 8.42 Å². The van der Waals surface area contributed by atoms with E-state index in [0.29, 0.717) is 22.3 Å². The Morgan fingerprint density at radius 3 is 1.72 bits per heavy atom. The molecule has 0 saturated carbocycles. The van der Waals surface area contributed by atoms with E-state index in [1.807, 2.05) is 0 Å². The molecule has 0 aliphatic heterocycles. The van der Waals surface area contributed by atoms with Crippen LogP contribution in [0.1, 0.15) is 16.7 Å². The summed E-state index contributed by atoms with van der Waals surface area (Å²) in [6.07, 6.45) is -0.0858. The van der Waals surface area contributed by atoms with Crippen molar-refractivity contribution in [3.8, 4) is 0 Å². The van der Waals surface area contributed by atoms with Gasteiger partial charge in [-0.05, 0) is 46.5 Å². The first-order valence-electron chi connectivity index (χ1n) is 8.50. The molecule has 0 amide bonds. The van der Waals surface area contributed by atoms with Gasteiger partial charge in [0, 0.05) is 6.26 Å². The fraction of sp³-hybridized carbons (Fsp3) is 0.190.